The summed E-state index contributed by atoms with van der Waals surface area (Å²) in [6.07, 6.45) is 2.94. The van der Waals surface area contributed by atoms with Crippen LogP contribution >= 0.6 is 0 Å². The maximum atomic E-state index is 11.2. The van der Waals surface area contributed by atoms with Crippen LogP contribution in [0.1, 0.15) is 41.6 Å². The number of carboxylic acid groups (broad SMARTS) is 1. The van der Waals surface area contributed by atoms with Crippen LogP contribution in [0.3, 0.4) is 0 Å². The Balaban J connectivity index is 2.05. The van der Waals surface area contributed by atoms with Crippen molar-refractivity contribution in [2.75, 3.05) is 13.7 Å². The van der Waals surface area contributed by atoms with E-state index in [1.54, 1.807) is 20.2 Å². The van der Waals surface area contributed by atoms with Gasteiger partial charge in [-0.15, -0.1) is 0 Å². The molecule has 0 aliphatic heterocycles. The first-order valence-corrected chi connectivity index (χ1v) is 7.62. The Morgan fingerprint density at radius 1 is 1.25 bits per heavy atom. The van der Waals surface area contributed by atoms with Crippen molar-refractivity contribution in [3.05, 3.63) is 41.6 Å². The van der Waals surface area contributed by atoms with Crippen molar-refractivity contribution in [3.63, 3.8) is 0 Å². The fourth-order valence-corrected chi connectivity index (χ4v) is 2.13. The monoisotopic (exact) mass is 331 g/mol. The molecule has 2 atom stereocenters. The first-order valence-electron chi connectivity index (χ1n) is 7.62. The van der Waals surface area contributed by atoms with Gasteiger partial charge < -0.3 is 14.6 Å². The molecule has 128 valence electrons. The van der Waals surface area contributed by atoms with Gasteiger partial charge in [0.1, 0.15) is 17.1 Å². The largest absolute Gasteiger partial charge is 0.495 e. The van der Waals surface area contributed by atoms with Crippen LogP contribution in [0.25, 0.3) is 0 Å². The number of pyridine rings is 1. The van der Waals surface area contributed by atoms with Crippen LogP contribution in [0.4, 0.5) is 0 Å². The van der Waals surface area contributed by atoms with E-state index in [9.17, 15) is 9.90 Å². The number of carboxylic acids is 1. The zero-order valence-corrected chi connectivity index (χ0v) is 14.2. The SMILES string of the molecule is COc1ccc([C@@H](C)[C@H](C)COc2nc(C)ncc2C(=O)O)nc1. The third-order valence-corrected chi connectivity index (χ3v) is 3.90. The predicted octanol–water partition coefficient (Wildman–Crippen LogP) is 2.71. The van der Waals surface area contributed by atoms with E-state index in [-0.39, 0.29) is 23.3 Å². The highest BCUT2D eigenvalue weighted by atomic mass is 16.5. The van der Waals surface area contributed by atoms with E-state index in [2.05, 4.69) is 15.0 Å². The van der Waals surface area contributed by atoms with Crippen LogP contribution in [0.2, 0.25) is 0 Å². The molecule has 2 heterocycles. The van der Waals surface area contributed by atoms with E-state index in [0.29, 0.717) is 18.2 Å². The molecule has 0 amide bonds. The molecule has 0 saturated carbocycles. The molecular formula is C17H21N3O4. The molecule has 0 bridgehead atoms. The Labute approximate surface area is 140 Å². The first kappa shape index (κ1) is 17.7. The Bertz CT molecular complexity index is 703. The molecule has 7 heteroatoms. The molecule has 24 heavy (non-hydrogen) atoms. The van der Waals surface area contributed by atoms with Gasteiger partial charge in [-0.1, -0.05) is 13.8 Å². The van der Waals surface area contributed by atoms with Gasteiger partial charge in [0.05, 0.1) is 19.9 Å². The summed E-state index contributed by atoms with van der Waals surface area (Å²) in [5.41, 5.74) is 0.882. The van der Waals surface area contributed by atoms with E-state index < -0.39 is 5.97 Å². The van der Waals surface area contributed by atoms with Gasteiger partial charge in [0.25, 0.3) is 0 Å². The summed E-state index contributed by atoms with van der Waals surface area (Å²) in [6, 6.07) is 3.78. The number of nitrogens with zero attached hydrogens (tertiary/aromatic N) is 3. The first-order chi connectivity index (χ1) is 11.4. The molecule has 2 aromatic heterocycles. The Morgan fingerprint density at radius 2 is 2.00 bits per heavy atom. The van der Waals surface area contributed by atoms with Gasteiger partial charge in [0.15, 0.2) is 0 Å². The molecule has 0 saturated heterocycles. The van der Waals surface area contributed by atoms with Crippen molar-refractivity contribution >= 4 is 5.97 Å². The summed E-state index contributed by atoms with van der Waals surface area (Å²) >= 11 is 0. The molecule has 0 fully saturated rings. The molecular weight excluding hydrogens is 310 g/mol. The standard InChI is InChI=1S/C17H21N3O4/c1-10(11(2)15-6-5-13(23-4)7-19-15)9-24-16-14(17(21)22)8-18-12(3)20-16/h5-8,10-11H,9H2,1-4H3,(H,21,22)/t10-,11+/m1/s1. The van der Waals surface area contributed by atoms with Crippen molar-refractivity contribution < 1.29 is 19.4 Å². The van der Waals surface area contributed by atoms with E-state index in [4.69, 9.17) is 9.47 Å². The number of methoxy groups -OCH3 is 1. The van der Waals surface area contributed by atoms with Crippen LogP contribution in [-0.2, 0) is 0 Å². The smallest absolute Gasteiger partial charge is 0.342 e. The summed E-state index contributed by atoms with van der Waals surface area (Å²) in [5, 5.41) is 9.18. The fourth-order valence-electron chi connectivity index (χ4n) is 2.13. The molecule has 1 N–H and O–H groups in total. The third-order valence-electron chi connectivity index (χ3n) is 3.90. The van der Waals surface area contributed by atoms with Gasteiger partial charge in [-0.25, -0.2) is 9.78 Å². The van der Waals surface area contributed by atoms with E-state index in [1.807, 2.05) is 26.0 Å². The number of aromatic carboxylic acids is 1. The summed E-state index contributed by atoms with van der Waals surface area (Å²) in [5.74, 6) is 0.402. The molecule has 0 aliphatic rings. The molecule has 2 aromatic rings. The van der Waals surface area contributed by atoms with E-state index >= 15 is 0 Å². The highest BCUT2D eigenvalue weighted by Gasteiger charge is 2.19. The lowest BCUT2D eigenvalue weighted by Crippen LogP contribution is -2.18. The average molecular weight is 331 g/mol. The number of hydrogen-bond acceptors (Lipinski definition) is 6. The second kappa shape index (κ2) is 7.72. The number of aromatic nitrogens is 3. The summed E-state index contributed by atoms with van der Waals surface area (Å²) in [6.45, 7) is 6.08. The van der Waals surface area contributed by atoms with Crippen molar-refractivity contribution in [1.82, 2.24) is 15.0 Å². The number of hydrogen-bond donors (Lipinski definition) is 1. The average Bonchev–Trinajstić information content (AvgIpc) is 2.58. The number of carbonyl (C=O) groups is 1. The fraction of sp³-hybridized carbons (Fsp3) is 0.412. The highest BCUT2D eigenvalue weighted by Crippen LogP contribution is 2.25. The van der Waals surface area contributed by atoms with Crippen LogP contribution in [-0.4, -0.2) is 39.7 Å². The van der Waals surface area contributed by atoms with Crippen molar-refractivity contribution in [3.8, 4) is 11.6 Å². The van der Waals surface area contributed by atoms with Crippen molar-refractivity contribution in [2.45, 2.75) is 26.7 Å². The van der Waals surface area contributed by atoms with E-state index in [1.165, 1.54) is 6.20 Å². The predicted molar refractivity (Wildman–Crippen MR) is 87.6 cm³/mol. The second-order valence-electron chi connectivity index (χ2n) is 5.64. The molecule has 0 unspecified atom stereocenters. The molecule has 2 rings (SSSR count). The lowest BCUT2D eigenvalue weighted by molar-refractivity contribution is 0.0689. The van der Waals surface area contributed by atoms with Crippen molar-refractivity contribution in [1.29, 1.82) is 0 Å². The number of rotatable bonds is 7. The summed E-state index contributed by atoms with van der Waals surface area (Å²) < 4.78 is 10.7. The Kier molecular flexibility index (Phi) is 5.68. The molecule has 0 aliphatic carbocycles. The highest BCUT2D eigenvalue weighted by molar-refractivity contribution is 5.89. The minimum atomic E-state index is -1.11. The summed E-state index contributed by atoms with van der Waals surface area (Å²) in [7, 11) is 1.60. The maximum absolute atomic E-state index is 11.2. The van der Waals surface area contributed by atoms with Gasteiger partial charge >= 0.3 is 5.97 Å². The molecule has 0 spiro atoms. The third kappa shape index (κ3) is 4.18. The Hall–Kier alpha value is -2.70. The van der Waals surface area contributed by atoms with Crippen LogP contribution in [0.5, 0.6) is 11.6 Å². The number of ether oxygens (including phenoxy) is 2. The van der Waals surface area contributed by atoms with Gasteiger partial charge in [0.2, 0.25) is 5.88 Å². The van der Waals surface area contributed by atoms with Gasteiger partial charge in [-0.2, -0.15) is 4.98 Å². The molecule has 0 aromatic carbocycles. The quantitative estimate of drug-likeness (QED) is 0.833. The zero-order chi connectivity index (χ0) is 17.7. The summed E-state index contributed by atoms with van der Waals surface area (Å²) in [4.78, 5) is 23.6. The van der Waals surface area contributed by atoms with Gasteiger partial charge in [0, 0.05) is 17.8 Å². The second-order valence-corrected chi connectivity index (χ2v) is 5.64. The minimum Gasteiger partial charge on any atom is -0.495 e. The number of aryl methyl sites for hydroxylation is 1. The van der Waals surface area contributed by atoms with E-state index in [0.717, 1.165) is 5.69 Å². The molecule has 0 radical (unpaired) electrons. The minimum absolute atomic E-state index is 0.0389. The molecule has 7 nitrogen and oxygen atoms in total. The van der Waals surface area contributed by atoms with Gasteiger partial charge in [-0.3, -0.25) is 4.98 Å². The lowest BCUT2D eigenvalue weighted by atomic mass is 9.93. The maximum Gasteiger partial charge on any atom is 0.342 e. The Morgan fingerprint density at radius 3 is 2.58 bits per heavy atom. The van der Waals surface area contributed by atoms with Crippen LogP contribution in [0, 0.1) is 12.8 Å². The van der Waals surface area contributed by atoms with Gasteiger partial charge in [-0.05, 0) is 25.0 Å². The van der Waals surface area contributed by atoms with Crippen LogP contribution < -0.4 is 9.47 Å². The normalized spacial score (nSPS) is 13.2. The zero-order valence-electron chi connectivity index (χ0n) is 14.2. The van der Waals surface area contributed by atoms with Crippen LogP contribution in [0.15, 0.2) is 24.5 Å². The topological polar surface area (TPSA) is 94.4 Å². The van der Waals surface area contributed by atoms with Crippen molar-refractivity contribution in [2.24, 2.45) is 5.92 Å². The lowest BCUT2D eigenvalue weighted by Gasteiger charge is -2.20.